The first-order chi connectivity index (χ1) is 12.4. The van der Waals surface area contributed by atoms with Gasteiger partial charge in [0.05, 0.1) is 16.9 Å². The van der Waals surface area contributed by atoms with Crippen molar-refractivity contribution in [1.82, 2.24) is 14.9 Å². The van der Waals surface area contributed by atoms with E-state index in [2.05, 4.69) is 10.3 Å². The predicted molar refractivity (Wildman–Crippen MR) is 101 cm³/mol. The zero-order valence-corrected chi connectivity index (χ0v) is 15.2. The molecule has 0 saturated carbocycles. The van der Waals surface area contributed by atoms with E-state index in [1.54, 1.807) is 37.3 Å². The van der Waals surface area contributed by atoms with Crippen molar-refractivity contribution in [2.24, 2.45) is 0 Å². The molecule has 3 aromatic rings. The molecule has 7 heteroatoms. The van der Waals surface area contributed by atoms with Crippen molar-refractivity contribution in [2.45, 2.75) is 26.4 Å². The molecule has 0 fully saturated rings. The van der Waals surface area contributed by atoms with Crippen molar-refractivity contribution in [3.63, 3.8) is 0 Å². The molecule has 2 N–H and O–H groups in total. The van der Waals surface area contributed by atoms with Crippen molar-refractivity contribution < 1.29 is 9.18 Å². The normalized spacial score (nSPS) is 12.1. The van der Waals surface area contributed by atoms with Crippen molar-refractivity contribution in [3.8, 4) is 0 Å². The first-order valence-electron chi connectivity index (χ1n) is 8.24. The summed E-state index contributed by atoms with van der Waals surface area (Å²) in [5.74, 6) is -0.670. The Kier molecular flexibility index (Phi) is 4.99. The Labute approximate surface area is 154 Å². The van der Waals surface area contributed by atoms with Crippen LogP contribution < -0.4 is 10.9 Å². The Morgan fingerprint density at radius 2 is 2.08 bits per heavy atom. The third-order valence-corrected chi connectivity index (χ3v) is 4.58. The van der Waals surface area contributed by atoms with Gasteiger partial charge >= 0.3 is 0 Å². The molecule has 134 valence electrons. The molecule has 0 aliphatic rings. The minimum atomic E-state index is -0.361. The van der Waals surface area contributed by atoms with Gasteiger partial charge in [-0.1, -0.05) is 12.1 Å². The van der Waals surface area contributed by atoms with E-state index in [1.807, 2.05) is 6.92 Å². The summed E-state index contributed by atoms with van der Waals surface area (Å²) in [5, 5.41) is 3.30. The van der Waals surface area contributed by atoms with E-state index in [0.29, 0.717) is 33.3 Å². The molecule has 0 radical (unpaired) electrons. The van der Waals surface area contributed by atoms with Crippen molar-refractivity contribution in [2.75, 3.05) is 0 Å². The van der Waals surface area contributed by atoms with Crippen LogP contribution >= 0.6 is 12.2 Å². The molecule has 1 heterocycles. The molecule has 1 atom stereocenters. The molecule has 1 aromatic heterocycles. The summed E-state index contributed by atoms with van der Waals surface area (Å²) in [4.78, 5) is 27.9. The first kappa shape index (κ1) is 18.0. The van der Waals surface area contributed by atoms with Crippen LogP contribution in [0.5, 0.6) is 0 Å². The molecule has 5 nitrogen and oxygen atoms in total. The van der Waals surface area contributed by atoms with Crippen LogP contribution in [0.15, 0.2) is 47.3 Å². The van der Waals surface area contributed by atoms with Gasteiger partial charge in [0.15, 0.2) is 4.77 Å². The van der Waals surface area contributed by atoms with Gasteiger partial charge < -0.3 is 10.3 Å². The van der Waals surface area contributed by atoms with Crippen molar-refractivity contribution in [3.05, 3.63) is 74.5 Å². The summed E-state index contributed by atoms with van der Waals surface area (Å²) < 4.78 is 15.1. The van der Waals surface area contributed by atoms with Gasteiger partial charge in [-0.2, -0.15) is 0 Å². The number of rotatable bonds is 4. The van der Waals surface area contributed by atoms with Crippen LogP contribution in [0.3, 0.4) is 0 Å². The maximum atomic E-state index is 13.3. The molecule has 0 bridgehead atoms. The number of nitrogens with zero attached hydrogens (tertiary/aromatic N) is 1. The molecule has 0 aliphatic carbocycles. The maximum absolute atomic E-state index is 13.3. The van der Waals surface area contributed by atoms with Gasteiger partial charge in [-0.3, -0.25) is 14.2 Å². The minimum absolute atomic E-state index is 0.189. The molecule has 26 heavy (non-hydrogen) atoms. The number of H-pyrrole nitrogens is 1. The molecule has 0 unspecified atom stereocenters. The topological polar surface area (TPSA) is 66.9 Å². The standard InChI is InChI=1S/C19H18FN3O2S/c1-3-23-18(25)15-8-7-13(10-16(15)22-19(23)26)17(24)21-11(2)12-5-4-6-14(20)9-12/h4-11H,3H2,1-2H3,(H,21,24)(H,22,26)/t11-/m1/s1. The van der Waals surface area contributed by atoms with E-state index in [-0.39, 0.29) is 23.3 Å². The highest BCUT2D eigenvalue weighted by molar-refractivity contribution is 7.71. The van der Waals surface area contributed by atoms with Crippen LogP contribution in [0.4, 0.5) is 4.39 Å². The quantitative estimate of drug-likeness (QED) is 0.687. The van der Waals surface area contributed by atoms with Crippen LogP contribution in [0.25, 0.3) is 10.9 Å². The average Bonchev–Trinajstić information content (AvgIpc) is 2.61. The summed E-state index contributed by atoms with van der Waals surface area (Å²) in [7, 11) is 0. The molecule has 0 aliphatic heterocycles. The Morgan fingerprint density at radius 1 is 1.31 bits per heavy atom. The van der Waals surface area contributed by atoms with Crippen LogP contribution in [0.1, 0.15) is 35.8 Å². The highest BCUT2D eigenvalue weighted by Gasteiger charge is 2.14. The maximum Gasteiger partial charge on any atom is 0.262 e. The highest BCUT2D eigenvalue weighted by atomic mass is 32.1. The summed E-state index contributed by atoms with van der Waals surface area (Å²) in [6.45, 7) is 4.09. The smallest absolute Gasteiger partial charge is 0.262 e. The van der Waals surface area contributed by atoms with Gasteiger partial charge in [0.2, 0.25) is 0 Å². The second-order valence-electron chi connectivity index (χ2n) is 5.99. The van der Waals surface area contributed by atoms with E-state index < -0.39 is 0 Å². The lowest BCUT2D eigenvalue weighted by molar-refractivity contribution is 0.0940. The lowest BCUT2D eigenvalue weighted by Crippen LogP contribution is -2.27. The molecule has 1 amide bonds. The molecule has 0 saturated heterocycles. The number of halogens is 1. The largest absolute Gasteiger partial charge is 0.346 e. The minimum Gasteiger partial charge on any atom is -0.346 e. The fraction of sp³-hybridized carbons (Fsp3) is 0.211. The number of hydrogen-bond donors (Lipinski definition) is 2. The number of nitrogens with one attached hydrogen (secondary N) is 2. The van der Waals surface area contributed by atoms with E-state index in [1.165, 1.54) is 16.7 Å². The van der Waals surface area contributed by atoms with Crippen LogP contribution in [-0.2, 0) is 6.54 Å². The zero-order chi connectivity index (χ0) is 18.8. The Balaban J connectivity index is 1.91. The number of aromatic nitrogens is 2. The second kappa shape index (κ2) is 7.21. The first-order valence-corrected chi connectivity index (χ1v) is 8.64. The fourth-order valence-electron chi connectivity index (χ4n) is 2.82. The highest BCUT2D eigenvalue weighted by Crippen LogP contribution is 2.16. The van der Waals surface area contributed by atoms with Crippen molar-refractivity contribution >= 4 is 29.0 Å². The molecule has 3 rings (SSSR count). The fourth-order valence-corrected chi connectivity index (χ4v) is 3.14. The summed E-state index contributed by atoms with van der Waals surface area (Å²) >= 11 is 5.19. The average molecular weight is 371 g/mol. The number of carbonyl (C=O) groups excluding carboxylic acids is 1. The molecule has 0 spiro atoms. The lowest BCUT2D eigenvalue weighted by Gasteiger charge is -2.15. The monoisotopic (exact) mass is 371 g/mol. The Bertz CT molecular complexity index is 1100. The third-order valence-electron chi connectivity index (χ3n) is 4.26. The summed E-state index contributed by atoms with van der Waals surface area (Å²) in [6.07, 6.45) is 0. The summed E-state index contributed by atoms with van der Waals surface area (Å²) in [5.41, 5.74) is 1.38. The van der Waals surface area contributed by atoms with E-state index in [4.69, 9.17) is 12.2 Å². The number of aromatic amines is 1. The number of carbonyl (C=O) groups is 1. The van der Waals surface area contributed by atoms with E-state index in [9.17, 15) is 14.0 Å². The zero-order valence-electron chi connectivity index (χ0n) is 14.4. The Hall–Kier alpha value is -2.80. The van der Waals surface area contributed by atoms with Gasteiger partial charge in [0, 0.05) is 12.1 Å². The van der Waals surface area contributed by atoms with E-state index >= 15 is 0 Å². The lowest BCUT2D eigenvalue weighted by atomic mass is 10.1. The number of benzene rings is 2. The summed E-state index contributed by atoms with van der Waals surface area (Å²) in [6, 6.07) is 10.5. The SMILES string of the molecule is CCn1c(=S)[nH]c2cc(C(=O)N[C@H](C)c3cccc(F)c3)ccc2c1=O. The van der Waals surface area contributed by atoms with Crippen LogP contribution in [0, 0.1) is 10.6 Å². The molecular weight excluding hydrogens is 353 g/mol. The number of amides is 1. The van der Waals surface area contributed by atoms with Gasteiger partial charge in [0.25, 0.3) is 11.5 Å². The number of fused-ring (bicyclic) bond motifs is 1. The van der Waals surface area contributed by atoms with Gasteiger partial charge in [-0.05, 0) is 62.0 Å². The second-order valence-corrected chi connectivity index (χ2v) is 6.38. The third kappa shape index (κ3) is 3.43. The van der Waals surface area contributed by atoms with Gasteiger partial charge in [0.1, 0.15) is 5.82 Å². The number of hydrogen-bond acceptors (Lipinski definition) is 3. The van der Waals surface area contributed by atoms with Crippen LogP contribution in [0.2, 0.25) is 0 Å². The predicted octanol–water partition coefficient (Wildman–Crippen LogP) is 3.71. The van der Waals surface area contributed by atoms with Crippen molar-refractivity contribution in [1.29, 1.82) is 0 Å². The van der Waals surface area contributed by atoms with E-state index in [0.717, 1.165) is 0 Å². The van der Waals surface area contributed by atoms with Crippen LogP contribution in [-0.4, -0.2) is 15.5 Å². The molecular formula is C19H18FN3O2S. The van der Waals surface area contributed by atoms with Gasteiger partial charge in [-0.25, -0.2) is 4.39 Å². The molecule has 2 aromatic carbocycles. The Morgan fingerprint density at radius 3 is 2.77 bits per heavy atom. The van der Waals surface area contributed by atoms with Gasteiger partial charge in [-0.15, -0.1) is 0 Å².